The topological polar surface area (TPSA) is 76.7 Å². The van der Waals surface area contributed by atoms with Gasteiger partial charge in [-0.2, -0.15) is 0 Å². The molecule has 2 N–H and O–H groups in total. The molecule has 6 nitrogen and oxygen atoms in total. The van der Waals surface area contributed by atoms with E-state index in [0.29, 0.717) is 45.1 Å². The molecule has 1 saturated carbocycles. The van der Waals surface area contributed by atoms with Gasteiger partial charge in [0, 0.05) is 22.6 Å². The van der Waals surface area contributed by atoms with Crippen molar-refractivity contribution >= 4 is 35.0 Å². The van der Waals surface area contributed by atoms with Crippen molar-refractivity contribution in [1.82, 2.24) is 10.6 Å². The van der Waals surface area contributed by atoms with E-state index in [-0.39, 0.29) is 17.9 Å². The number of ether oxygens (including phenoxy) is 2. The zero-order valence-corrected chi connectivity index (χ0v) is 17.6. The van der Waals surface area contributed by atoms with Crippen LogP contribution in [0.25, 0.3) is 0 Å². The third-order valence-corrected chi connectivity index (χ3v) is 5.28. The van der Waals surface area contributed by atoms with Gasteiger partial charge in [-0.3, -0.25) is 9.59 Å². The summed E-state index contributed by atoms with van der Waals surface area (Å²) in [5, 5.41) is 6.86. The van der Waals surface area contributed by atoms with Crippen molar-refractivity contribution in [2.24, 2.45) is 5.92 Å². The number of carbonyl (C=O) groups excluding carboxylic acids is 2. The van der Waals surface area contributed by atoms with Gasteiger partial charge >= 0.3 is 0 Å². The van der Waals surface area contributed by atoms with Crippen LogP contribution in [0.3, 0.4) is 0 Å². The lowest BCUT2D eigenvalue weighted by Crippen LogP contribution is -2.45. The van der Waals surface area contributed by atoms with E-state index in [1.165, 1.54) is 14.2 Å². The molecule has 3 rings (SSSR count). The lowest BCUT2D eigenvalue weighted by molar-refractivity contribution is 0.0900. The monoisotopic (exact) mass is 436 g/mol. The van der Waals surface area contributed by atoms with Gasteiger partial charge in [-0.25, -0.2) is 0 Å². The number of hydrogen-bond acceptors (Lipinski definition) is 4. The second-order valence-corrected chi connectivity index (χ2v) is 7.69. The van der Waals surface area contributed by atoms with E-state index in [1.807, 2.05) is 0 Å². The van der Waals surface area contributed by atoms with Gasteiger partial charge in [0.25, 0.3) is 11.8 Å². The van der Waals surface area contributed by atoms with Gasteiger partial charge in [0.2, 0.25) is 0 Å². The van der Waals surface area contributed by atoms with Crippen molar-refractivity contribution in [1.29, 1.82) is 0 Å². The average Bonchev–Trinajstić information content (AvgIpc) is 3.55. The summed E-state index contributed by atoms with van der Waals surface area (Å²) >= 11 is 11.9. The number of hydrogen-bond donors (Lipinski definition) is 2. The molecule has 0 radical (unpaired) electrons. The fraction of sp³-hybridized carbons (Fsp3) is 0.333. The Morgan fingerprint density at radius 2 is 1.48 bits per heavy atom. The number of nitrogens with one attached hydrogen (secondary N) is 2. The van der Waals surface area contributed by atoms with Crippen LogP contribution in [0.2, 0.25) is 10.0 Å². The zero-order valence-electron chi connectivity index (χ0n) is 16.1. The first-order valence-corrected chi connectivity index (χ1v) is 9.94. The largest absolute Gasteiger partial charge is 0.496 e. The number of rotatable bonds is 8. The zero-order chi connectivity index (χ0) is 21.0. The van der Waals surface area contributed by atoms with Gasteiger partial charge in [-0.15, -0.1) is 0 Å². The molecule has 0 heterocycles. The van der Waals surface area contributed by atoms with Crippen molar-refractivity contribution in [3.8, 4) is 11.5 Å². The summed E-state index contributed by atoms with van der Waals surface area (Å²) in [5.74, 6) is 0.563. The highest BCUT2D eigenvalue weighted by molar-refractivity contribution is 6.31. The van der Waals surface area contributed by atoms with Crippen molar-refractivity contribution in [2.45, 2.75) is 18.9 Å². The average molecular weight is 437 g/mol. The maximum absolute atomic E-state index is 12.7. The Hall–Kier alpha value is -2.44. The molecule has 1 aliphatic rings. The number of benzene rings is 2. The fourth-order valence-electron chi connectivity index (χ4n) is 3.08. The van der Waals surface area contributed by atoms with Crippen molar-refractivity contribution < 1.29 is 19.1 Å². The van der Waals surface area contributed by atoms with Crippen LogP contribution in [0.4, 0.5) is 0 Å². The summed E-state index contributed by atoms with van der Waals surface area (Å²) in [7, 11) is 2.97. The first-order chi connectivity index (χ1) is 13.9. The summed E-state index contributed by atoms with van der Waals surface area (Å²) < 4.78 is 10.5. The van der Waals surface area contributed by atoms with Gasteiger partial charge in [-0.1, -0.05) is 23.2 Å². The molecule has 1 atom stereocenters. The summed E-state index contributed by atoms with van der Waals surface area (Å²) in [4.78, 5) is 25.3. The number of amides is 2. The highest BCUT2D eigenvalue weighted by atomic mass is 35.5. The molecule has 1 fully saturated rings. The normalized spacial score (nSPS) is 14.1. The lowest BCUT2D eigenvalue weighted by Gasteiger charge is -2.20. The Labute approximate surface area is 179 Å². The van der Waals surface area contributed by atoms with Crippen molar-refractivity contribution in [3.05, 3.63) is 57.6 Å². The van der Waals surface area contributed by atoms with Crippen LogP contribution in [-0.4, -0.2) is 38.6 Å². The minimum absolute atomic E-state index is 0.190. The highest BCUT2D eigenvalue weighted by Gasteiger charge is 2.33. The van der Waals surface area contributed by atoms with Crippen LogP contribution in [-0.2, 0) is 0 Å². The Bertz CT molecular complexity index is 916. The Morgan fingerprint density at radius 1 is 0.966 bits per heavy atom. The smallest absolute Gasteiger partial charge is 0.255 e. The first-order valence-electron chi connectivity index (χ1n) is 9.19. The molecule has 1 unspecified atom stereocenters. The van der Waals surface area contributed by atoms with Gasteiger partial charge in [0.05, 0.1) is 25.3 Å². The second kappa shape index (κ2) is 9.37. The van der Waals surface area contributed by atoms with E-state index in [0.717, 1.165) is 12.8 Å². The Balaban J connectivity index is 1.67. The molecule has 0 aliphatic heterocycles. The van der Waals surface area contributed by atoms with Crippen LogP contribution < -0.4 is 20.1 Å². The van der Waals surface area contributed by atoms with E-state index in [4.69, 9.17) is 32.7 Å². The minimum Gasteiger partial charge on any atom is -0.496 e. The summed E-state index contributed by atoms with van der Waals surface area (Å²) in [5.41, 5.74) is 0.783. The van der Waals surface area contributed by atoms with Crippen molar-refractivity contribution in [3.63, 3.8) is 0 Å². The quantitative estimate of drug-likeness (QED) is 0.656. The van der Waals surface area contributed by atoms with E-state index in [1.54, 1.807) is 36.4 Å². The van der Waals surface area contributed by atoms with Gasteiger partial charge in [0.15, 0.2) is 0 Å². The van der Waals surface area contributed by atoms with Crippen LogP contribution in [0.15, 0.2) is 36.4 Å². The van der Waals surface area contributed by atoms with E-state index >= 15 is 0 Å². The SMILES string of the molecule is COc1cc(Cl)ccc1C(=O)NCC(NC(=O)c1ccc(Cl)cc1OC)C1CC1. The van der Waals surface area contributed by atoms with Crippen LogP contribution >= 0.6 is 23.2 Å². The maximum Gasteiger partial charge on any atom is 0.255 e. The molecule has 0 spiro atoms. The molecule has 2 amide bonds. The number of methoxy groups -OCH3 is 2. The molecule has 29 heavy (non-hydrogen) atoms. The maximum atomic E-state index is 12.7. The van der Waals surface area contributed by atoms with E-state index in [2.05, 4.69) is 10.6 Å². The first kappa shape index (κ1) is 21.3. The lowest BCUT2D eigenvalue weighted by atomic mass is 10.1. The third-order valence-electron chi connectivity index (χ3n) is 4.81. The molecule has 0 saturated heterocycles. The minimum atomic E-state index is -0.289. The van der Waals surface area contributed by atoms with E-state index in [9.17, 15) is 9.59 Å². The second-order valence-electron chi connectivity index (χ2n) is 6.82. The molecular weight excluding hydrogens is 415 g/mol. The van der Waals surface area contributed by atoms with Gasteiger partial charge in [0.1, 0.15) is 11.5 Å². The summed E-state index contributed by atoms with van der Waals surface area (Å²) in [6, 6.07) is 9.49. The standard InChI is InChI=1S/C21H22Cl2N2O4/c1-28-18-9-13(22)5-7-15(18)20(26)24-11-17(12-3-4-12)25-21(27)16-8-6-14(23)10-19(16)29-2/h5-10,12,17H,3-4,11H2,1-2H3,(H,24,26)(H,25,27). The molecular formula is C21H22Cl2N2O4. The summed E-state index contributed by atoms with van der Waals surface area (Å²) in [6.45, 7) is 0.303. The number of carbonyl (C=O) groups is 2. The Morgan fingerprint density at radius 3 is 1.97 bits per heavy atom. The van der Waals surface area contributed by atoms with Gasteiger partial charge < -0.3 is 20.1 Å². The molecule has 2 aromatic rings. The van der Waals surface area contributed by atoms with E-state index < -0.39 is 0 Å². The molecule has 8 heteroatoms. The predicted molar refractivity (Wildman–Crippen MR) is 112 cm³/mol. The fourth-order valence-corrected chi connectivity index (χ4v) is 3.41. The molecule has 0 aromatic heterocycles. The van der Waals surface area contributed by atoms with Crippen LogP contribution in [0, 0.1) is 5.92 Å². The number of halogens is 2. The summed E-state index contributed by atoms with van der Waals surface area (Å²) in [6.07, 6.45) is 2.01. The third kappa shape index (κ3) is 5.34. The van der Waals surface area contributed by atoms with Gasteiger partial charge in [-0.05, 0) is 55.2 Å². The molecule has 154 valence electrons. The highest BCUT2D eigenvalue weighted by Crippen LogP contribution is 2.33. The Kier molecular flexibility index (Phi) is 6.87. The molecule has 1 aliphatic carbocycles. The van der Waals surface area contributed by atoms with Crippen LogP contribution in [0.1, 0.15) is 33.6 Å². The van der Waals surface area contributed by atoms with Crippen molar-refractivity contribution in [2.75, 3.05) is 20.8 Å². The molecule has 2 aromatic carbocycles. The molecule has 0 bridgehead atoms. The van der Waals surface area contributed by atoms with Crippen LogP contribution in [0.5, 0.6) is 11.5 Å². The predicted octanol–water partition coefficient (Wildman–Crippen LogP) is 3.95.